The van der Waals surface area contributed by atoms with E-state index in [0.717, 1.165) is 5.92 Å². The number of hydrogen-bond donors (Lipinski definition) is 1. The topological polar surface area (TPSA) is 12.0 Å². The van der Waals surface area contributed by atoms with Crippen LogP contribution in [0, 0.1) is 0 Å². The first-order valence-electron chi connectivity index (χ1n) is 8.26. The predicted molar refractivity (Wildman–Crippen MR) is 89.0 cm³/mol. The summed E-state index contributed by atoms with van der Waals surface area (Å²) in [5, 5.41) is 3.62. The molecule has 1 fully saturated rings. The predicted octanol–water partition coefficient (Wildman–Crippen LogP) is 5.29. The van der Waals surface area contributed by atoms with Crippen LogP contribution < -0.4 is 5.32 Å². The molecule has 0 aromatic heterocycles. The van der Waals surface area contributed by atoms with Crippen LogP contribution in [-0.4, -0.2) is 6.04 Å². The molecular weight excluding hydrogens is 254 g/mol. The molecule has 2 aliphatic rings. The Morgan fingerprint density at radius 1 is 0.952 bits per heavy atom. The highest BCUT2D eigenvalue weighted by Crippen LogP contribution is 2.41. The maximum Gasteiger partial charge on any atom is 0.0381 e. The number of hydrogen-bond acceptors (Lipinski definition) is 1. The zero-order valence-corrected chi connectivity index (χ0v) is 12.7. The Kier molecular flexibility index (Phi) is 3.21. The summed E-state index contributed by atoms with van der Waals surface area (Å²) in [4.78, 5) is 0. The van der Waals surface area contributed by atoms with Crippen LogP contribution in [0.1, 0.15) is 61.1 Å². The van der Waals surface area contributed by atoms with Gasteiger partial charge in [0.2, 0.25) is 0 Å². The van der Waals surface area contributed by atoms with Gasteiger partial charge in [-0.05, 0) is 54.9 Å². The Hall–Kier alpha value is -1.76. The van der Waals surface area contributed by atoms with E-state index < -0.39 is 0 Å². The summed E-state index contributed by atoms with van der Waals surface area (Å²) in [5.74, 6) is 1.36. The van der Waals surface area contributed by atoms with Gasteiger partial charge < -0.3 is 5.32 Å². The quantitative estimate of drug-likeness (QED) is 0.786. The molecule has 0 radical (unpaired) electrons. The standard InChI is InChI=1S/C20H23N/c1-14-12-19(18-10-2-3-11-20(18)21-14)17-9-5-8-16(13-17)15-6-4-7-15/h2-3,5,8-11,13-15,19,21H,4,6-7,12H2,1H3. The van der Waals surface area contributed by atoms with Gasteiger partial charge in [-0.1, -0.05) is 48.9 Å². The molecule has 1 heteroatoms. The SMILES string of the molecule is CC1CC(c2cccc(C3CCC3)c2)c2ccccc2N1. The van der Waals surface area contributed by atoms with Crippen LogP contribution in [0.2, 0.25) is 0 Å². The molecule has 2 aromatic rings. The van der Waals surface area contributed by atoms with Crippen molar-refractivity contribution in [2.45, 2.75) is 50.5 Å². The number of benzene rings is 2. The van der Waals surface area contributed by atoms with E-state index in [1.54, 1.807) is 5.56 Å². The van der Waals surface area contributed by atoms with Crippen molar-refractivity contribution in [2.24, 2.45) is 0 Å². The highest BCUT2D eigenvalue weighted by Gasteiger charge is 2.26. The first-order valence-corrected chi connectivity index (χ1v) is 8.26. The van der Waals surface area contributed by atoms with Gasteiger partial charge in [-0.3, -0.25) is 0 Å². The van der Waals surface area contributed by atoms with Crippen molar-refractivity contribution in [1.29, 1.82) is 0 Å². The minimum absolute atomic E-state index is 0.539. The zero-order valence-electron chi connectivity index (χ0n) is 12.7. The van der Waals surface area contributed by atoms with Gasteiger partial charge in [0.05, 0.1) is 0 Å². The second-order valence-corrected chi connectivity index (χ2v) is 6.72. The van der Waals surface area contributed by atoms with Crippen LogP contribution >= 0.6 is 0 Å². The van der Waals surface area contributed by atoms with Gasteiger partial charge in [0.25, 0.3) is 0 Å². The zero-order chi connectivity index (χ0) is 14.2. The average Bonchev–Trinajstić information content (AvgIpc) is 2.45. The number of para-hydroxylation sites is 1. The van der Waals surface area contributed by atoms with Crippen LogP contribution in [0.3, 0.4) is 0 Å². The van der Waals surface area contributed by atoms with E-state index in [9.17, 15) is 0 Å². The van der Waals surface area contributed by atoms with Crippen LogP contribution in [0.25, 0.3) is 0 Å². The van der Waals surface area contributed by atoms with Crippen molar-refractivity contribution < 1.29 is 0 Å². The molecule has 1 N–H and O–H groups in total. The van der Waals surface area contributed by atoms with E-state index in [0.29, 0.717) is 12.0 Å². The minimum atomic E-state index is 0.539. The summed E-state index contributed by atoms with van der Waals surface area (Å²) in [6, 6.07) is 18.7. The molecule has 2 unspecified atom stereocenters. The molecule has 2 aromatic carbocycles. The fourth-order valence-corrected chi connectivity index (χ4v) is 3.82. The first-order chi connectivity index (χ1) is 10.3. The molecule has 4 rings (SSSR count). The van der Waals surface area contributed by atoms with Gasteiger partial charge in [0.1, 0.15) is 0 Å². The lowest BCUT2D eigenvalue weighted by molar-refractivity contribution is 0.419. The molecule has 0 amide bonds. The number of fused-ring (bicyclic) bond motifs is 1. The smallest absolute Gasteiger partial charge is 0.0381 e. The lowest BCUT2D eigenvalue weighted by Gasteiger charge is -2.33. The molecule has 108 valence electrons. The first kappa shape index (κ1) is 12.9. The van der Waals surface area contributed by atoms with Crippen molar-refractivity contribution in [1.82, 2.24) is 0 Å². The van der Waals surface area contributed by atoms with Crippen LogP contribution in [-0.2, 0) is 0 Å². The highest BCUT2D eigenvalue weighted by atomic mass is 14.9. The number of nitrogens with one attached hydrogen (secondary N) is 1. The van der Waals surface area contributed by atoms with Crippen LogP contribution in [0.4, 0.5) is 5.69 Å². The molecule has 0 spiro atoms. The summed E-state index contributed by atoms with van der Waals surface area (Å²) in [6.45, 7) is 2.29. The summed E-state index contributed by atoms with van der Waals surface area (Å²) in [5.41, 5.74) is 5.83. The van der Waals surface area contributed by atoms with Gasteiger partial charge in [0, 0.05) is 17.6 Å². The van der Waals surface area contributed by atoms with E-state index in [-0.39, 0.29) is 0 Å². The molecular formula is C20H23N. The van der Waals surface area contributed by atoms with Crippen molar-refractivity contribution in [3.05, 3.63) is 65.2 Å². The molecule has 1 aliphatic carbocycles. The third-order valence-corrected chi connectivity index (χ3v) is 5.22. The van der Waals surface area contributed by atoms with E-state index in [4.69, 9.17) is 0 Å². The van der Waals surface area contributed by atoms with Crippen LogP contribution in [0.5, 0.6) is 0 Å². The van der Waals surface area contributed by atoms with Gasteiger partial charge in [-0.2, -0.15) is 0 Å². The Balaban J connectivity index is 1.72. The maximum absolute atomic E-state index is 3.62. The van der Waals surface area contributed by atoms with Crippen LogP contribution in [0.15, 0.2) is 48.5 Å². The van der Waals surface area contributed by atoms with Gasteiger partial charge in [-0.15, -0.1) is 0 Å². The second-order valence-electron chi connectivity index (χ2n) is 6.72. The maximum atomic E-state index is 3.62. The Morgan fingerprint density at radius 3 is 2.57 bits per heavy atom. The Bertz CT molecular complexity index is 642. The molecule has 2 atom stereocenters. The average molecular weight is 277 g/mol. The lowest BCUT2D eigenvalue weighted by atomic mass is 9.77. The van der Waals surface area contributed by atoms with Gasteiger partial charge >= 0.3 is 0 Å². The molecule has 21 heavy (non-hydrogen) atoms. The molecule has 1 nitrogen and oxygen atoms in total. The fraction of sp³-hybridized carbons (Fsp3) is 0.400. The second kappa shape index (κ2) is 5.22. The summed E-state index contributed by atoms with van der Waals surface area (Å²) in [7, 11) is 0. The monoisotopic (exact) mass is 277 g/mol. The van der Waals surface area contributed by atoms with Gasteiger partial charge in [-0.25, -0.2) is 0 Å². The normalized spacial score (nSPS) is 24.8. The van der Waals surface area contributed by atoms with E-state index in [1.165, 1.54) is 42.5 Å². The minimum Gasteiger partial charge on any atom is -0.382 e. The van der Waals surface area contributed by atoms with Crippen molar-refractivity contribution in [3.63, 3.8) is 0 Å². The van der Waals surface area contributed by atoms with E-state index >= 15 is 0 Å². The summed E-state index contributed by atoms with van der Waals surface area (Å²) >= 11 is 0. The van der Waals surface area contributed by atoms with Crippen molar-refractivity contribution in [3.8, 4) is 0 Å². The molecule has 1 heterocycles. The summed E-state index contributed by atoms with van der Waals surface area (Å²) in [6.07, 6.45) is 5.35. The van der Waals surface area contributed by atoms with Gasteiger partial charge in [0.15, 0.2) is 0 Å². The fourth-order valence-electron chi connectivity index (χ4n) is 3.82. The number of rotatable bonds is 2. The van der Waals surface area contributed by atoms with E-state index in [2.05, 4.69) is 60.8 Å². The van der Waals surface area contributed by atoms with Crippen molar-refractivity contribution in [2.75, 3.05) is 5.32 Å². The largest absolute Gasteiger partial charge is 0.382 e. The lowest BCUT2D eigenvalue weighted by Crippen LogP contribution is -2.26. The molecule has 0 saturated heterocycles. The number of anilines is 1. The Morgan fingerprint density at radius 2 is 1.76 bits per heavy atom. The van der Waals surface area contributed by atoms with Crippen molar-refractivity contribution >= 4 is 5.69 Å². The molecule has 1 saturated carbocycles. The molecule has 1 aliphatic heterocycles. The van der Waals surface area contributed by atoms with E-state index in [1.807, 2.05) is 0 Å². The third-order valence-electron chi connectivity index (χ3n) is 5.22. The molecule has 0 bridgehead atoms. The highest BCUT2D eigenvalue weighted by molar-refractivity contribution is 5.58. The third kappa shape index (κ3) is 2.35. The Labute approximate surface area is 127 Å². The summed E-state index contributed by atoms with van der Waals surface area (Å²) < 4.78 is 0.